The first kappa shape index (κ1) is 15.7. The van der Waals surface area contributed by atoms with E-state index in [-0.39, 0.29) is 11.9 Å². The van der Waals surface area contributed by atoms with Crippen LogP contribution in [0.15, 0.2) is 53.3 Å². The van der Waals surface area contributed by atoms with Gasteiger partial charge in [-0.3, -0.25) is 9.78 Å². The van der Waals surface area contributed by atoms with Crippen molar-refractivity contribution in [2.45, 2.75) is 32.2 Å². The molecule has 0 fully saturated rings. The van der Waals surface area contributed by atoms with Crippen molar-refractivity contribution in [2.75, 3.05) is 0 Å². The first-order valence-electron chi connectivity index (χ1n) is 7.07. The Kier molecular flexibility index (Phi) is 5.93. The predicted octanol–water partition coefficient (Wildman–Crippen LogP) is 3.52. The number of benzene rings is 1. The molecule has 1 aromatic carbocycles. The topological polar surface area (TPSA) is 42.0 Å². The summed E-state index contributed by atoms with van der Waals surface area (Å²) in [4.78, 5) is 15.9. The van der Waals surface area contributed by atoms with Crippen molar-refractivity contribution in [1.82, 2.24) is 10.3 Å². The van der Waals surface area contributed by atoms with Crippen LogP contribution >= 0.6 is 15.9 Å². The van der Waals surface area contributed by atoms with Crippen LogP contribution in [0.5, 0.6) is 0 Å². The average Bonchev–Trinajstić information content (AvgIpc) is 2.48. The molecule has 3 nitrogen and oxygen atoms in total. The zero-order valence-electron chi connectivity index (χ0n) is 12.1. The van der Waals surface area contributed by atoms with E-state index in [4.69, 9.17) is 0 Å². The molecule has 1 atom stereocenters. The van der Waals surface area contributed by atoms with Gasteiger partial charge < -0.3 is 5.32 Å². The van der Waals surface area contributed by atoms with E-state index in [2.05, 4.69) is 32.3 Å². The van der Waals surface area contributed by atoms with Gasteiger partial charge in [-0.1, -0.05) is 34.1 Å². The molecule has 21 heavy (non-hydrogen) atoms. The van der Waals surface area contributed by atoms with Crippen molar-refractivity contribution >= 4 is 21.8 Å². The molecule has 2 aromatic rings. The quantitative estimate of drug-likeness (QED) is 0.869. The third-order valence-corrected chi connectivity index (χ3v) is 4.06. The summed E-state index contributed by atoms with van der Waals surface area (Å²) < 4.78 is 1.09. The molecule has 4 heteroatoms. The smallest absolute Gasteiger partial charge is 0.220 e. The summed E-state index contributed by atoms with van der Waals surface area (Å²) in [6.07, 6.45) is 5.58. The highest BCUT2D eigenvalue weighted by Gasteiger charge is 2.09. The number of halogens is 1. The Balaban J connectivity index is 1.78. The zero-order valence-corrected chi connectivity index (χ0v) is 13.6. The van der Waals surface area contributed by atoms with Gasteiger partial charge in [0.05, 0.1) is 0 Å². The van der Waals surface area contributed by atoms with Gasteiger partial charge in [0.2, 0.25) is 5.91 Å². The van der Waals surface area contributed by atoms with Gasteiger partial charge in [-0.25, -0.2) is 0 Å². The molecular formula is C17H19BrN2O. The van der Waals surface area contributed by atoms with Gasteiger partial charge in [0, 0.05) is 29.3 Å². The van der Waals surface area contributed by atoms with Gasteiger partial charge in [0.15, 0.2) is 0 Å². The molecule has 0 radical (unpaired) electrons. The zero-order chi connectivity index (χ0) is 15.1. The van der Waals surface area contributed by atoms with E-state index >= 15 is 0 Å². The minimum atomic E-state index is 0.0892. The third-order valence-electron chi connectivity index (χ3n) is 3.28. The summed E-state index contributed by atoms with van der Waals surface area (Å²) in [6, 6.07) is 12.1. The van der Waals surface area contributed by atoms with Gasteiger partial charge in [0.25, 0.3) is 0 Å². The van der Waals surface area contributed by atoms with Gasteiger partial charge in [-0.15, -0.1) is 0 Å². The Bertz CT molecular complexity index is 586. The van der Waals surface area contributed by atoms with Crippen molar-refractivity contribution in [2.24, 2.45) is 0 Å². The fraction of sp³-hybridized carbons (Fsp3) is 0.294. The number of aromatic nitrogens is 1. The second-order valence-corrected chi connectivity index (χ2v) is 5.97. The third kappa shape index (κ3) is 5.31. The van der Waals surface area contributed by atoms with E-state index in [0.717, 1.165) is 22.9 Å². The van der Waals surface area contributed by atoms with Gasteiger partial charge >= 0.3 is 0 Å². The van der Waals surface area contributed by atoms with Crippen molar-refractivity contribution in [1.29, 1.82) is 0 Å². The lowest BCUT2D eigenvalue weighted by Gasteiger charge is -2.15. The number of aryl methyl sites for hydroxylation is 1. The lowest BCUT2D eigenvalue weighted by Crippen LogP contribution is -2.34. The summed E-state index contributed by atoms with van der Waals surface area (Å²) in [7, 11) is 0. The first-order valence-corrected chi connectivity index (χ1v) is 7.86. The Morgan fingerprint density at radius 1 is 1.24 bits per heavy atom. The molecule has 0 aliphatic rings. The molecule has 1 aromatic heterocycles. The Morgan fingerprint density at radius 2 is 1.95 bits per heavy atom. The van der Waals surface area contributed by atoms with Gasteiger partial charge in [-0.2, -0.15) is 0 Å². The molecular weight excluding hydrogens is 328 g/mol. The number of amides is 1. The van der Waals surface area contributed by atoms with Crippen LogP contribution in [0.2, 0.25) is 0 Å². The monoisotopic (exact) mass is 346 g/mol. The second kappa shape index (κ2) is 7.93. The molecule has 0 saturated heterocycles. The Hall–Kier alpha value is -1.68. The van der Waals surface area contributed by atoms with E-state index in [1.165, 1.54) is 5.56 Å². The lowest BCUT2D eigenvalue weighted by molar-refractivity contribution is -0.121. The summed E-state index contributed by atoms with van der Waals surface area (Å²) >= 11 is 3.53. The van der Waals surface area contributed by atoms with E-state index in [0.29, 0.717) is 6.42 Å². The maximum absolute atomic E-state index is 12.0. The highest BCUT2D eigenvalue weighted by atomic mass is 79.9. The maximum atomic E-state index is 12.0. The number of hydrogen-bond acceptors (Lipinski definition) is 2. The van der Waals surface area contributed by atoms with Crippen LogP contribution in [0.1, 0.15) is 24.5 Å². The lowest BCUT2D eigenvalue weighted by atomic mass is 10.1. The molecule has 0 aliphatic heterocycles. The molecule has 0 bridgehead atoms. The van der Waals surface area contributed by atoms with Crippen molar-refractivity contribution in [3.8, 4) is 0 Å². The van der Waals surface area contributed by atoms with Crippen LogP contribution in [0, 0.1) is 0 Å². The van der Waals surface area contributed by atoms with Crippen LogP contribution in [-0.4, -0.2) is 16.9 Å². The number of pyridine rings is 1. The Labute approximate surface area is 133 Å². The van der Waals surface area contributed by atoms with Crippen LogP contribution in [0.4, 0.5) is 0 Å². The van der Waals surface area contributed by atoms with E-state index in [9.17, 15) is 4.79 Å². The number of carbonyl (C=O) groups excluding carboxylic acids is 1. The number of carbonyl (C=O) groups is 1. The van der Waals surface area contributed by atoms with Gasteiger partial charge in [-0.05, 0) is 49.1 Å². The molecule has 0 saturated carbocycles. The predicted molar refractivity (Wildman–Crippen MR) is 88.0 cm³/mol. The van der Waals surface area contributed by atoms with Crippen LogP contribution in [0.3, 0.4) is 0 Å². The molecule has 1 N–H and O–H groups in total. The molecule has 2 rings (SSSR count). The minimum absolute atomic E-state index is 0.0892. The highest BCUT2D eigenvalue weighted by Crippen LogP contribution is 2.17. The molecule has 1 heterocycles. The first-order chi connectivity index (χ1) is 10.1. The van der Waals surface area contributed by atoms with E-state index in [1.54, 1.807) is 12.4 Å². The molecule has 0 spiro atoms. The fourth-order valence-electron chi connectivity index (χ4n) is 2.20. The number of nitrogens with one attached hydrogen (secondary N) is 1. The number of nitrogens with zero attached hydrogens (tertiary/aromatic N) is 1. The number of rotatable bonds is 6. The van der Waals surface area contributed by atoms with Crippen molar-refractivity contribution in [3.05, 3.63) is 64.4 Å². The van der Waals surface area contributed by atoms with E-state index < -0.39 is 0 Å². The van der Waals surface area contributed by atoms with Crippen LogP contribution in [-0.2, 0) is 17.6 Å². The largest absolute Gasteiger partial charge is 0.353 e. The Morgan fingerprint density at radius 3 is 2.67 bits per heavy atom. The van der Waals surface area contributed by atoms with Crippen LogP contribution < -0.4 is 5.32 Å². The standard InChI is InChI=1S/C17H19BrN2O/c1-13(12-15-4-2-3-5-16(15)18)20-17(21)7-6-14-8-10-19-11-9-14/h2-5,8-11,13H,6-7,12H2,1H3,(H,20,21). The SMILES string of the molecule is CC(Cc1ccccc1Br)NC(=O)CCc1ccncc1. The van der Waals surface area contributed by atoms with Gasteiger partial charge in [0.1, 0.15) is 0 Å². The fourth-order valence-corrected chi connectivity index (χ4v) is 2.65. The summed E-state index contributed by atoms with van der Waals surface area (Å²) in [5.41, 5.74) is 2.35. The van der Waals surface area contributed by atoms with E-state index in [1.807, 2.05) is 37.3 Å². The summed E-state index contributed by atoms with van der Waals surface area (Å²) in [5.74, 6) is 0.0892. The second-order valence-electron chi connectivity index (χ2n) is 5.12. The summed E-state index contributed by atoms with van der Waals surface area (Å²) in [5, 5.41) is 3.05. The normalized spacial score (nSPS) is 11.9. The highest BCUT2D eigenvalue weighted by molar-refractivity contribution is 9.10. The molecule has 1 unspecified atom stereocenters. The summed E-state index contributed by atoms with van der Waals surface area (Å²) in [6.45, 7) is 2.03. The van der Waals surface area contributed by atoms with Crippen molar-refractivity contribution in [3.63, 3.8) is 0 Å². The maximum Gasteiger partial charge on any atom is 0.220 e. The average molecular weight is 347 g/mol. The number of hydrogen-bond donors (Lipinski definition) is 1. The molecule has 110 valence electrons. The molecule has 0 aliphatic carbocycles. The molecule has 1 amide bonds. The van der Waals surface area contributed by atoms with Crippen LogP contribution in [0.25, 0.3) is 0 Å². The van der Waals surface area contributed by atoms with Crippen molar-refractivity contribution < 1.29 is 4.79 Å². The minimum Gasteiger partial charge on any atom is -0.353 e.